The zero-order valence-corrected chi connectivity index (χ0v) is 33.9. The van der Waals surface area contributed by atoms with Gasteiger partial charge in [-0.05, 0) is 68.7 Å². The van der Waals surface area contributed by atoms with Gasteiger partial charge in [-0.15, -0.1) is 0 Å². The van der Waals surface area contributed by atoms with Crippen molar-refractivity contribution < 1.29 is 23.3 Å². The third-order valence-corrected chi connectivity index (χ3v) is 10.6. The molecule has 2 atom stereocenters. The highest BCUT2D eigenvalue weighted by atomic mass is 31.2. The Hall–Kier alpha value is -5.00. The van der Waals surface area contributed by atoms with E-state index in [9.17, 15) is 10.1 Å². The number of nitriles is 1. The van der Waals surface area contributed by atoms with E-state index in [2.05, 4.69) is 60.3 Å². The van der Waals surface area contributed by atoms with E-state index in [1.165, 1.54) is 6.07 Å². The molecule has 4 aromatic rings. The maximum absolute atomic E-state index is 13.0. The molecule has 0 bridgehead atoms. The summed E-state index contributed by atoms with van der Waals surface area (Å²) in [6.07, 6.45) is 2.98. The number of aliphatic imine (C=N–C) groups is 1. The first-order valence-corrected chi connectivity index (χ1v) is 19.3. The molecule has 0 aliphatic rings. The lowest BCUT2D eigenvalue weighted by atomic mass is 9.80. The molecule has 1 N–H and O–H groups in total. The van der Waals surface area contributed by atoms with Crippen molar-refractivity contribution in [2.24, 2.45) is 4.99 Å². The molecule has 0 saturated heterocycles. The zero-order valence-electron chi connectivity index (χ0n) is 33.0. The normalized spacial score (nSPS) is 12.7. The van der Waals surface area contributed by atoms with Crippen molar-refractivity contribution in [3.8, 4) is 29.4 Å². The van der Waals surface area contributed by atoms with Crippen LogP contribution in [-0.2, 0) is 19.4 Å². The van der Waals surface area contributed by atoms with Gasteiger partial charge in [0.15, 0.2) is 5.43 Å². The van der Waals surface area contributed by atoms with E-state index in [0.29, 0.717) is 22.9 Å². The number of benzene rings is 3. The first-order valence-electron chi connectivity index (χ1n) is 18.2. The molecule has 0 saturated carbocycles. The Morgan fingerprint density at radius 3 is 1.98 bits per heavy atom. The van der Waals surface area contributed by atoms with Crippen LogP contribution in [0.25, 0.3) is 0 Å². The molecular weight excluding hydrogens is 713 g/mol. The molecule has 55 heavy (non-hydrogen) atoms. The quantitative estimate of drug-likeness (QED) is 0.0253. The highest BCUT2D eigenvalue weighted by molar-refractivity contribution is 7.44. The maximum atomic E-state index is 13.0. The molecule has 2 unspecified atom stereocenters. The average Bonchev–Trinajstić information content (AvgIpc) is 3.18. The van der Waals surface area contributed by atoms with Gasteiger partial charge in [0.1, 0.15) is 22.9 Å². The van der Waals surface area contributed by atoms with Gasteiger partial charge >= 0.3 is 0 Å². The summed E-state index contributed by atoms with van der Waals surface area (Å²) in [7, 11) is 5.32. The van der Waals surface area contributed by atoms with Crippen LogP contribution < -0.4 is 14.9 Å². The molecule has 1 aromatic heterocycles. The molecule has 0 amide bonds. The molecular formula is C43H52N5O6P. The van der Waals surface area contributed by atoms with Crippen LogP contribution in [0.3, 0.4) is 0 Å². The number of nitrogens with one attached hydrogen (secondary N) is 1. The van der Waals surface area contributed by atoms with Crippen LogP contribution in [0.4, 0.5) is 5.82 Å². The summed E-state index contributed by atoms with van der Waals surface area (Å²) < 4.78 is 33.6. The molecule has 1 heterocycles. The first kappa shape index (κ1) is 42.7. The Labute approximate surface area is 326 Å². The van der Waals surface area contributed by atoms with Crippen molar-refractivity contribution in [2.45, 2.75) is 64.3 Å². The van der Waals surface area contributed by atoms with Gasteiger partial charge in [-0.25, -0.2) is 9.66 Å². The van der Waals surface area contributed by atoms with Gasteiger partial charge in [0.25, 0.3) is 8.53 Å². The van der Waals surface area contributed by atoms with Crippen molar-refractivity contribution in [3.63, 3.8) is 0 Å². The number of methoxy groups -OCH3 is 2. The second-order valence-corrected chi connectivity index (χ2v) is 14.8. The number of ether oxygens (including phenoxy) is 3. The lowest BCUT2D eigenvalue weighted by molar-refractivity contribution is -0.0328. The largest absolute Gasteiger partial charge is 0.497 e. The topological polar surface area (TPSA) is 122 Å². The fourth-order valence-electron chi connectivity index (χ4n) is 5.91. The molecule has 0 spiro atoms. The van der Waals surface area contributed by atoms with Crippen LogP contribution in [0, 0.1) is 23.2 Å². The number of rotatable bonds is 19. The Morgan fingerprint density at radius 2 is 1.47 bits per heavy atom. The predicted octanol–water partition coefficient (Wildman–Crippen LogP) is 8.02. The van der Waals surface area contributed by atoms with E-state index in [4.69, 9.17) is 23.3 Å². The number of aromatic nitrogens is 1. The van der Waals surface area contributed by atoms with E-state index in [0.717, 1.165) is 16.7 Å². The number of hydrogen-bond donors (Lipinski definition) is 1. The van der Waals surface area contributed by atoms with E-state index >= 15 is 0 Å². The van der Waals surface area contributed by atoms with E-state index in [1.54, 1.807) is 31.7 Å². The zero-order chi connectivity index (χ0) is 39.8. The van der Waals surface area contributed by atoms with Crippen LogP contribution in [0.2, 0.25) is 0 Å². The first-order chi connectivity index (χ1) is 26.5. The lowest BCUT2D eigenvalue weighted by Gasteiger charge is -2.39. The number of nitrogens with zero attached hydrogens (tertiary/aromatic N) is 4. The van der Waals surface area contributed by atoms with Crippen molar-refractivity contribution in [3.05, 3.63) is 124 Å². The summed E-state index contributed by atoms with van der Waals surface area (Å²) in [5, 5.41) is 9.33. The summed E-state index contributed by atoms with van der Waals surface area (Å²) in [5.41, 5.74) is 1.60. The second-order valence-electron chi connectivity index (χ2n) is 13.4. The number of pyridine rings is 1. The van der Waals surface area contributed by atoms with Gasteiger partial charge in [-0.3, -0.25) is 4.79 Å². The van der Waals surface area contributed by atoms with Crippen LogP contribution in [0.5, 0.6) is 11.5 Å². The summed E-state index contributed by atoms with van der Waals surface area (Å²) in [6, 6.07) is 29.4. The molecule has 0 aliphatic heterocycles. The van der Waals surface area contributed by atoms with Crippen LogP contribution >= 0.6 is 8.53 Å². The van der Waals surface area contributed by atoms with Crippen molar-refractivity contribution >= 4 is 20.7 Å². The maximum Gasteiger partial charge on any atom is 0.259 e. The molecule has 12 heteroatoms. The fraction of sp³-hybridized carbons (Fsp3) is 0.372. The molecule has 0 aliphatic carbocycles. The third kappa shape index (κ3) is 11.7. The summed E-state index contributed by atoms with van der Waals surface area (Å²) in [4.78, 5) is 22.1. The Balaban J connectivity index is 1.82. The van der Waals surface area contributed by atoms with E-state index in [-0.39, 0.29) is 43.6 Å². The third-order valence-electron chi connectivity index (χ3n) is 8.44. The monoisotopic (exact) mass is 765 g/mol. The minimum absolute atomic E-state index is 0.0788. The molecule has 290 valence electrons. The summed E-state index contributed by atoms with van der Waals surface area (Å²) >= 11 is 0. The molecule has 0 fully saturated rings. The lowest BCUT2D eigenvalue weighted by Crippen LogP contribution is -2.38. The molecule has 0 radical (unpaired) electrons. The molecule has 4 rings (SSSR count). The standard InChI is InChI=1S/C43H52N5O6P/c1-32(2)48(33(3)4)55(53-27-13-26-44)54-40(17-12-14-34-29-45-42(28-41(34)49)46-31-47(5)6)30-52-43(35-15-10-9-11-16-35,36-18-22-38(50-7)23-19-36)37-20-24-39(51-8)25-21-37/h9-11,15-16,18-25,28-29,31-33,40H,13,17,27,30H2,1-8H3,(H,45,49)/b46-31+. The highest BCUT2D eigenvalue weighted by Gasteiger charge is 2.39. The van der Waals surface area contributed by atoms with Crippen LogP contribution in [-0.4, -0.2) is 80.6 Å². The van der Waals surface area contributed by atoms with Gasteiger partial charge in [0.2, 0.25) is 0 Å². The SMILES string of the molecule is COc1ccc(C(OCC(CC#Cc2c[nH]c(/N=C/N(C)C)cc2=O)OP(OCCC#N)N(C(C)C)C(C)C)(c2ccccc2)c2ccc(OC)cc2)cc1. The summed E-state index contributed by atoms with van der Waals surface area (Å²) in [6.45, 7) is 8.64. The van der Waals surface area contributed by atoms with Gasteiger partial charge in [0.05, 0.1) is 57.9 Å². The number of aromatic amines is 1. The van der Waals surface area contributed by atoms with Crippen molar-refractivity contribution in [1.29, 1.82) is 5.26 Å². The van der Waals surface area contributed by atoms with E-state index < -0.39 is 20.2 Å². The van der Waals surface area contributed by atoms with Crippen LogP contribution in [0.15, 0.2) is 101 Å². The van der Waals surface area contributed by atoms with Gasteiger partial charge in [-0.2, -0.15) is 5.26 Å². The average molecular weight is 766 g/mol. The number of H-pyrrole nitrogens is 1. The van der Waals surface area contributed by atoms with Gasteiger partial charge < -0.3 is 33.1 Å². The highest BCUT2D eigenvalue weighted by Crippen LogP contribution is 2.48. The Kier molecular flexibility index (Phi) is 16.5. The molecule has 11 nitrogen and oxygen atoms in total. The molecule has 3 aromatic carbocycles. The van der Waals surface area contributed by atoms with E-state index in [1.807, 2.05) is 93.0 Å². The smallest absolute Gasteiger partial charge is 0.259 e. The second kappa shape index (κ2) is 21.2. The van der Waals surface area contributed by atoms with Gasteiger partial charge in [-0.1, -0.05) is 66.4 Å². The Bertz CT molecular complexity index is 1910. The fourth-order valence-corrected chi connectivity index (χ4v) is 7.61. The van der Waals surface area contributed by atoms with Crippen molar-refractivity contribution in [2.75, 3.05) is 41.5 Å². The minimum Gasteiger partial charge on any atom is -0.497 e. The van der Waals surface area contributed by atoms with Crippen LogP contribution in [0.1, 0.15) is 62.8 Å². The predicted molar refractivity (Wildman–Crippen MR) is 219 cm³/mol. The Morgan fingerprint density at radius 1 is 0.891 bits per heavy atom. The summed E-state index contributed by atoms with van der Waals surface area (Å²) in [5.74, 6) is 8.10. The minimum atomic E-state index is -1.65. The van der Waals surface area contributed by atoms with Gasteiger partial charge in [0, 0.05) is 44.9 Å². The van der Waals surface area contributed by atoms with Crippen molar-refractivity contribution in [1.82, 2.24) is 14.6 Å². The number of hydrogen-bond acceptors (Lipinski definition) is 9.